The second kappa shape index (κ2) is 11.3. The summed E-state index contributed by atoms with van der Waals surface area (Å²) >= 11 is 5.64. The van der Waals surface area contributed by atoms with Crippen LogP contribution in [0.25, 0.3) is 0 Å². The summed E-state index contributed by atoms with van der Waals surface area (Å²) in [6, 6.07) is 8.15. The lowest BCUT2D eigenvalue weighted by molar-refractivity contribution is 0.0895. The molecule has 5 nitrogen and oxygen atoms in total. The van der Waals surface area contributed by atoms with E-state index in [0.29, 0.717) is 13.2 Å². The van der Waals surface area contributed by atoms with E-state index in [-0.39, 0.29) is 6.10 Å². The first kappa shape index (κ1) is 19.9. The number of hydrogen-bond donors (Lipinski definition) is 1. The second-order valence-corrected chi connectivity index (χ2v) is 6.52. The Morgan fingerprint density at radius 1 is 1.40 bits per heavy atom. The third kappa shape index (κ3) is 6.80. The van der Waals surface area contributed by atoms with Gasteiger partial charge in [0, 0.05) is 45.5 Å². The average Bonchev–Trinajstić information content (AvgIpc) is 3.13. The minimum absolute atomic E-state index is 0.248. The van der Waals surface area contributed by atoms with Crippen LogP contribution >= 0.6 is 12.2 Å². The second-order valence-electron chi connectivity index (χ2n) is 6.13. The minimum atomic E-state index is 0.248. The van der Waals surface area contributed by atoms with Gasteiger partial charge in [-0.15, -0.1) is 0 Å². The standard InChI is InChI=1S/C19H30N2O3S/c1-3-23-18-10-5-4-8-16(18)14-21(15-17-9-6-13-24-17)19(25)20-11-7-12-22-2/h4-5,8,10,17H,3,6-7,9,11-15H2,1-2H3,(H,20,25)/t17-/m0/s1. The predicted octanol–water partition coefficient (Wildman–Crippen LogP) is 2.98. The molecule has 140 valence electrons. The van der Waals surface area contributed by atoms with Crippen molar-refractivity contribution in [2.75, 3.05) is 40.0 Å². The van der Waals surface area contributed by atoms with Crippen LogP contribution in [0.2, 0.25) is 0 Å². The molecule has 0 unspecified atom stereocenters. The summed E-state index contributed by atoms with van der Waals surface area (Å²) in [5.41, 5.74) is 1.14. The monoisotopic (exact) mass is 366 g/mol. The van der Waals surface area contributed by atoms with Crippen LogP contribution < -0.4 is 10.1 Å². The molecule has 0 spiro atoms. The van der Waals surface area contributed by atoms with E-state index >= 15 is 0 Å². The van der Waals surface area contributed by atoms with Crippen LogP contribution in [0.3, 0.4) is 0 Å². The van der Waals surface area contributed by atoms with Crippen molar-refractivity contribution in [1.29, 1.82) is 0 Å². The fraction of sp³-hybridized carbons (Fsp3) is 0.632. The predicted molar refractivity (Wildman–Crippen MR) is 104 cm³/mol. The zero-order valence-electron chi connectivity index (χ0n) is 15.3. The maximum absolute atomic E-state index is 5.81. The highest BCUT2D eigenvalue weighted by atomic mass is 32.1. The van der Waals surface area contributed by atoms with Crippen molar-refractivity contribution >= 4 is 17.3 Å². The van der Waals surface area contributed by atoms with Gasteiger partial charge in [-0.3, -0.25) is 0 Å². The zero-order chi connectivity index (χ0) is 17.9. The number of thiocarbonyl (C=S) groups is 1. The van der Waals surface area contributed by atoms with Gasteiger partial charge in [-0.2, -0.15) is 0 Å². The zero-order valence-corrected chi connectivity index (χ0v) is 16.1. The molecule has 0 bridgehead atoms. The first-order valence-corrected chi connectivity index (χ1v) is 9.49. The van der Waals surface area contributed by atoms with Crippen molar-refractivity contribution in [2.45, 2.75) is 38.8 Å². The van der Waals surface area contributed by atoms with Crippen LogP contribution in [-0.4, -0.2) is 56.1 Å². The highest BCUT2D eigenvalue weighted by Crippen LogP contribution is 2.21. The molecule has 0 aliphatic carbocycles. The summed E-state index contributed by atoms with van der Waals surface area (Å²) in [6.07, 6.45) is 3.40. The van der Waals surface area contributed by atoms with Crippen LogP contribution in [-0.2, 0) is 16.0 Å². The number of hydrogen-bond acceptors (Lipinski definition) is 4. The number of ether oxygens (including phenoxy) is 3. The van der Waals surface area contributed by atoms with E-state index in [1.807, 2.05) is 25.1 Å². The Balaban J connectivity index is 2.01. The van der Waals surface area contributed by atoms with Gasteiger partial charge in [-0.1, -0.05) is 18.2 Å². The molecule has 2 rings (SSSR count). The first-order chi connectivity index (χ1) is 12.2. The number of nitrogens with one attached hydrogen (secondary N) is 1. The summed E-state index contributed by atoms with van der Waals surface area (Å²) in [5, 5.41) is 4.11. The molecule has 1 atom stereocenters. The third-order valence-electron chi connectivity index (χ3n) is 4.17. The Morgan fingerprint density at radius 2 is 2.24 bits per heavy atom. The molecular formula is C19H30N2O3S. The first-order valence-electron chi connectivity index (χ1n) is 9.08. The summed E-state index contributed by atoms with van der Waals surface area (Å²) in [7, 11) is 1.72. The summed E-state index contributed by atoms with van der Waals surface area (Å²) in [5.74, 6) is 0.921. The number of nitrogens with zero attached hydrogens (tertiary/aromatic N) is 1. The molecule has 0 aromatic heterocycles. The van der Waals surface area contributed by atoms with Gasteiger partial charge < -0.3 is 24.4 Å². The lowest BCUT2D eigenvalue weighted by atomic mass is 10.1. The van der Waals surface area contributed by atoms with Gasteiger partial charge >= 0.3 is 0 Å². The van der Waals surface area contributed by atoms with E-state index in [1.165, 1.54) is 0 Å². The molecular weight excluding hydrogens is 336 g/mol. The van der Waals surface area contributed by atoms with Crippen molar-refractivity contribution < 1.29 is 14.2 Å². The molecule has 1 aliphatic rings. The largest absolute Gasteiger partial charge is 0.494 e. The molecule has 0 amide bonds. The van der Waals surface area contributed by atoms with E-state index in [4.69, 9.17) is 26.4 Å². The maximum atomic E-state index is 5.81. The van der Waals surface area contributed by atoms with E-state index in [9.17, 15) is 0 Å². The molecule has 1 N–H and O–H groups in total. The average molecular weight is 367 g/mol. The summed E-state index contributed by atoms with van der Waals surface area (Å²) in [4.78, 5) is 2.19. The van der Waals surface area contributed by atoms with Gasteiger partial charge in [-0.25, -0.2) is 0 Å². The Morgan fingerprint density at radius 3 is 2.96 bits per heavy atom. The van der Waals surface area contributed by atoms with Crippen LogP contribution in [0.5, 0.6) is 5.75 Å². The van der Waals surface area contributed by atoms with Crippen molar-refractivity contribution in [3.05, 3.63) is 29.8 Å². The molecule has 6 heteroatoms. The van der Waals surface area contributed by atoms with E-state index in [2.05, 4.69) is 16.3 Å². The normalized spacial score (nSPS) is 16.6. The van der Waals surface area contributed by atoms with Gasteiger partial charge in [0.25, 0.3) is 0 Å². The van der Waals surface area contributed by atoms with E-state index < -0.39 is 0 Å². The minimum Gasteiger partial charge on any atom is -0.494 e. The van der Waals surface area contributed by atoms with E-state index in [1.54, 1.807) is 7.11 Å². The van der Waals surface area contributed by atoms with Crippen LogP contribution in [0.1, 0.15) is 31.7 Å². The fourth-order valence-corrected chi connectivity index (χ4v) is 3.15. The highest BCUT2D eigenvalue weighted by Gasteiger charge is 2.21. The quantitative estimate of drug-likeness (QED) is 0.507. The van der Waals surface area contributed by atoms with Gasteiger partial charge in [0.2, 0.25) is 0 Å². The smallest absolute Gasteiger partial charge is 0.169 e. The van der Waals surface area contributed by atoms with Crippen molar-refractivity contribution in [1.82, 2.24) is 10.2 Å². The Labute approximate surface area is 156 Å². The molecule has 0 radical (unpaired) electrons. The van der Waals surface area contributed by atoms with Gasteiger partial charge in [0.05, 0.1) is 12.7 Å². The van der Waals surface area contributed by atoms with Gasteiger partial charge in [0.1, 0.15) is 5.75 Å². The van der Waals surface area contributed by atoms with Crippen molar-refractivity contribution in [2.24, 2.45) is 0 Å². The highest BCUT2D eigenvalue weighted by molar-refractivity contribution is 7.80. The van der Waals surface area contributed by atoms with Crippen LogP contribution in [0, 0.1) is 0 Å². The van der Waals surface area contributed by atoms with Crippen LogP contribution in [0.15, 0.2) is 24.3 Å². The van der Waals surface area contributed by atoms with E-state index in [0.717, 1.165) is 62.0 Å². The topological polar surface area (TPSA) is 43.0 Å². The number of benzene rings is 1. The fourth-order valence-electron chi connectivity index (χ4n) is 2.91. The summed E-state index contributed by atoms with van der Waals surface area (Å²) in [6.45, 7) is 6.56. The number of para-hydroxylation sites is 1. The number of methoxy groups -OCH3 is 1. The summed E-state index contributed by atoms with van der Waals surface area (Å²) < 4.78 is 16.7. The van der Waals surface area contributed by atoms with Crippen molar-refractivity contribution in [3.63, 3.8) is 0 Å². The molecule has 1 aromatic rings. The molecule has 25 heavy (non-hydrogen) atoms. The van der Waals surface area contributed by atoms with Crippen molar-refractivity contribution in [3.8, 4) is 5.75 Å². The lowest BCUT2D eigenvalue weighted by Crippen LogP contribution is -2.43. The molecule has 1 aromatic carbocycles. The molecule has 1 fully saturated rings. The molecule has 1 saturated heterocycles. The Bertz CT molecular complexity index is 521. The van der Waals surface area contributed by atoms with Gasteiger partial charge in [0.15, 0.2) is 5.11 Å². The maximum Gasteiger partial charge on any atom is 0.169 e. The molecule has 1 heterocycles. The number of rotatable bonds is 10. The Hall–Kier alpha value is -1.37. The molecule has 0 saturated carbocycles. The van der Waals surface area contributed by atoms with Crippen LogP contribution in [0.4, 0.5) is 0 Å². The lowest BCUT2D eigenvalue weighted by Gasteiger charge is -2.29. The SMILES string of the molecule is CCOc1ccccc1CN(C[C@@H]1CCCO1)C(=S)NCCCOC. The third-order valence-corrected chi connectivity index (χ3v) is 4.57. The van der Waals surface area contributed by atoms with Gasteiger partial charge in [-0.05, 0) is 44.5 Å². The Kier molecular flexibility index (Phi) is 9.00. The molecule has 1 aliphatic heterocycles.